The largest absolute Gasteiger partial charge is 0.527 e. The topological polar surface area (TPSA) is 130 Å². The molecule has 0 fully saturated rings. The monoisotopic (exact) mass is 734 g/mol. The second-order valence-electron chi connectivity index (χ2n) is 16.2. The Kier molecular flexibility index (Phi) is 13.9. The number of ether oxygens (including phenoxy) is 2. The van der Waals surface area contributed by atoms with Gasteiger partial charge in [0.15, 0.2) is 0 Å². The maximum Gasteiger partial charge on any atom is 0.527 e. The molecule has 0 aromatic heterocycles. The van der Waals surface area contributed by atoms with Gasteiger partial charge in [0.05, 0.1) is 13.2 Å². The average Bonchev–Trinajstić information content (AvgIpc) is 2.96. The van der Waals surface area contributed by atoms with E-state index in [4.69, 9.17) is 27.6 Å². The molecule has 3 rings (SSSR count). The molecule has 12 heteroatoms. The molecule has 3 aromatic carbocycles. The lowest BCUT2D eigenvalue weighted by Crippen LogP contribution is -2.24. The first kappa shape index (κ1) is 41.6. The van der Waals surface area contributed by atoms with Gasteiger partial charge in [-0.2, -0.15) is 0 Å². The van der Waals surface area contributed by atoms with E-state index in [1.54, 1.807) is 48.5 Å². The third-order valence-electron chi connectivity index (χ3n) is 7.69. The van der Waals surface area contributed by atoms with Crippen LogP contribution in [-0.2, 0) is 29.0 Å². The number of rotatable bonds is 18. The van der Waals surface area contributed by atoms with Crippen LogP contribution in [0, 0.1) is 10.8 Å². The van der Waals surface area contributed by atoms with Crippen molar-refractivity contribution in [3.63, 3.8) is 0 Å². The number of hydrogen-bond acceptors (Lipinski definition) is 8. The zero-order valence-electron chi connectivity index (χ0n) is 31.2. The fraction of sp³-hybridized carbons (Fsp3) is 0.526. The molecular formula is C38H56O10P2. The standard InChI is InChI=1S/C38H56O10P2/c1-35(2,3)27-37(7,8)29-11-15-33(16-12-29)47-49(39,40)45-25-23-43-31-19-21-32(22-20-31)44-24-26-46-50(41,42)48-34-17-13-30(14-18-34)38(9,10)28-36(4,5)6/h11-22H,23-28H2,1-10H3,(H,39,40)(H,41,42). The van der Waals surface area contributed by atoms with Crippen LogP contribution in [0.25, 0.3) is 0 Å². The first-order valence-electron chi connectivity index (χ1n) is 16.8. The van der Waals surface area contributed by atoms with Gasteiger partial charge in [0, 0.05) is 0 Å². The predicted molar refractivity (Wildman–Crippen MR) is 197 cm³/mol. The van der Waals surface area contributed by atoms with Crippen molar-refractivity contribution in [2.45, 2.75) is 92.9 Å². The van der Waals surface area contributed by atoms with Gasteiger partial charge in [0.1, 0.15) is 36.2 Å². The van der Waals surface area contributed by atoms with Gasteiger partial charge < -0.3 is 18.5 Å². The fourth-order valence-corrected chi connectivity index (χ4v) is 7.86. The smallest absolute Gasteiger partial charge is 0.491 e. The highest BCUT2D eigenvalue weighted by atomic mass is 31.2. The van der Waals surface area contributed by atoms with E-state index in [0.29, 0.717) is 11.5 Å². The van der Waals surface area contributed by atoms with Crippen LogP contribution in [0.2, 0.25) is 0 Å². The van der Waals surface area contributed by atoms with E-state index in [9.17, 15) is 18.9 Å². The highest BCUT2D eigenvalue weighted by Crippen LogP contribution is 2.46. The molecule has 0 spiro atoms. The molecule has 2 atom stereocenters. The van der Waals surface area contributed by atoms with E-state index in [1.165, 1.54) is 0 Å². The lowest BCUT2D eigenvalue weighted by atomic mass is 9.72. The number of hydrogen-bond donors (Lipinski definition) is 2. The predicted octanol–water partition coefficient (Wildman–Crippen LogP) is 10.3. The van der Waals surface area contributed by atoms with Crippen LogP contribution in [0.4, 0.5) is 0 Å². The average molecular weight is 735 g/mol. The van der Waals surface area contributed by atoms with Crippen molar-refractivity contribution in [2.24, 2.45) is 10.8 Å². The maximum absolute atomic E-state index is 12.5. The number of phosphoric acid groups is 2. The molecule has 0 saturated carbocycles. The minimum atomic E-state index is -4.35. The third-order valence-corrected chi connectivity index (χ3v) is 9.60. The Hall–Kier alpha value is -2.84. The van der Waals surface area contributed by atoms with E-state index in [-0.39, 0.29) is 59.6 Å². The number of phosphoric ester groups is 2. The summed E-state index contributed by atoms with van der Waals surface area (Å²) < 4.78 is 56.7. The molecule has 0 radical (unpaired) electrons. The molecule has 50 heavy (non-hydrogen) atoms. The maximum atomic E-state index is 12.5. The van der Waals surface area contributed by atoms with Gasteiger partial charge in [-0.1, -0.05) is 93.5 Å². The molecule has 2 unspecified atom stereocenters. The zero-order valence-corrected chi connectivity index (χ0v) is 33.0. The Labute approximate surface area is 298 Å². The molecule has 0 aliphatic rings. The van der Waals surface area contributed by atoms with Crippen molar-refractivity contribution in [1.29, 1.82) is 0 Å². The van der Waals surface area contributed by atoms with Crippen molar-refractivity contribution in [3.8, 4) is 23.0 Å². The first-order chi connectivity index (χ1) is 22.9. The molecule has 0 aliphatic carbocycles. The van der Waals surface area contributed by atoms with Crippen molar-refractivity contribution >= 4 is 15.6 Å². The van der Waals surface area contributed by atoms with Crippen molar-refractivity contribution in [2.75, 3.05) is 26.4 Å². The summed E-state index contributed by atoms with van der Waals surface area (Å²) in [4.78, 5) is 20.3. The second kappa shape index (κ2) is 16.7. The normalized spacial score (nSPS) is 15.1. The Morgan fingerprint density at radius 2 is 0.740 bits per heavy atom. The van der Waals surface area contributed by atoms with Crippen LogP contribution in [0.1, 0.15) is 93.2 Å². The van der Waals surface area contributed by atoms with Crippen LogP contribution in [0.15, 0.2) is 72.8 Å². The summed E-state index contributed by atoms with van der Waals surface area (Å²) in [5, 5.41) is 0. The lowest BCUT2D eigenvalue weighted by Gasteiger charge is -2.33. The quantitative estimate of drug-likeness (QED) is 0.0962. The highest BCUT2D eigenvalue weighted by Gasteiger charge is 2.29. The summed E-state index contributed by atoms with van der Waals surface area (Å²) in [6.45, 7) is 21.5. The van der Waals surface area contributed by atoms with Crippen LogP contribution >= 0.6 is 15.6 Å². The van der Waals surface area contributed by atoms with Gasteiger partial charge in [0.2, 0.25) is 0 Å². The molecule has 278 valence electrons. The van der Waals surface area contributed by atoms with Crippen molar-refractivity contribution < 1.29 is 46.5 Å². The first-order valence-corrected chi connectivity index (χ1v) is 19.8. The Morgan fingerprint density at radius 3 is 1.02 bits per heavy atom. The van der Waals surface area contributed by atoms with Gasteiger partial charge in [-0.05, 0) is 94.2 Å². The van der Waals surface area contributed by atoms with Crippen LogP contribution in [0.5, 0.6) is 23.0 Å². The van der Waals surface area contributed by atoms with Crippen molar-refractivity contribution in [3.05, 3.63) is 83.9 Å². The molecule has 0 saturated heterocycles. The van der Waals surface area contributed by atoms with Crippen LogP contribution < -0.4 is 18.5 Å². The Morgan fingerprint density at radius 1 is 0.460 bits per heavy atom. The summed E-state index contributed by atoms with van der Waals surface area (Å²) in [6, 6.07) is 20.9. The Bertz CT molecular complexity index is 1470. The lowest BCUT2D eigenvalue weighted by molar-refractivity contribution is 0.162. The molecule has 0 aliphatic heterocycles. The van der Waals surface area contributed by atoms with E-state index in [2.05, 4.69) is 69.2 Å². The van der Waals surface area contributed by atoms with Gasteiger partial charge in [-0.3, -0.25) is 18.8 Å². The molecule has 2 N–H and O–H groups in total. The van der Waals surface area contributed by atoms with Crippen molar-refractivity contribution in [1.82, 2.24) is 0 Å². The molecule has 0 heterocycles. The third kappa shape index (κ3) is 14.8. The van der Waals surface area contributed by atoms with E-state index in [1.807, 2.05) is 24.3 Å². The summed E-state index contributed by atoms with van der Waals surface area (Å²) in [5.74, 6) is 1.45. The summed E-state index contributed by atoms with van der Waals surface area (Å²) in [5.41, 5.74) is 2.41. The van der Waals surface area contributed by atoms with Gasteiger partial charge in [-0.25, -0.2) is 9.13 Å². The molecule has 10 nitrogen and oxygen atoms in total. The summed E-state index contributed by atoms with van der Waals surface area (Å²) in [6.07, 6.45) is 1.95. The fourth-order valence-electron chi connectivity index (χ4n) is 6.37. The van der Waals surface area contributed by atoms with Gasteiger partial charge >= 0.3 is 15.6 Å². The summed E-state index contributed by atoms with van der Waals surface area (Å²) in [7, 11) is -8.71. The Balaban J connectivity index is 1.36. The van der Waals surface area contributed by atoms with Gasteiger partial charge in [0.25, 0.3) is 0 Å². The highest BCUT2D eigenvalue weighted by molar-refractivity contribution is 7.48. The summed E-state index contributed by atoms with van der Waals surface area (Å²) >= 11 is 0. The molecule has 0 bridgehead atoms. The van der Waals surface area contributed by atoms with Gasteiger partial charge in [-0.15, -0.1) is 0 Å². The van der Waals surface area contributed by atoms with E-state index >= 15 is 0 Å². The number of benzene rings is 3. The molecule has 3 aromatic rings. The SMILES string of the molecule is CC(C)(C)CC(C)(C)c1ccc(OP(=O)(O)OCCOc2ccc(OCCOP(=O)(O)Oc3ccc(C(C)(C)CC(C)(C)C)cc3)cc2)cc1. The van der Waals surface area contributed by atoms with E-state index in [0.717, 1.165) is 24.0 Å². The molecular weight excluding hydrogens is 678 g/mol. The molecule has 0 amide bonds. The zero-order chi connectivity index (χ0) is 37.4. The van der Waals surface area contributed by atoms with E-state index < -0.39 is 15.6 Å². The van der Waals surface area contributed by atoms with Crippen LogP contribution in [-0.4, -0.2) is 36.2 Å². The second-order valence-corrected chi connectivity index (χ2v) is 19.0. The minimum Gasteiger partial charge on any atom is -0.491 e. The van der Waals surface area contributed by atoms with Crippen LogP contribution in [0.3, 0.4) is 0 Å². The minimum absolute atomic E-state index is 0.00503.